The Morgan fingerprint density at radius 2 is 1.95 bits per heavy atom. The van der Waals surface area contributed by atoms with E-state index in [2.05, 4.69) is 39.5 Å². The summed E-state index contributed by atoms with van der Waals surface area (Å²) >= 11 is 0. The SMILES string of the molecule is CC(C)Cc1nc(Cn2cnnn2)n(-c2ccc(F)cc2)n1. The lowest BCUT2D eigenvalue weighted by Crippen LogP contribution is -2.09. The molecule has 0 spiro atoms. The molecule has 0 aliphatic rings. The van der Waals surface area contributed by atoms with E-state index >= 15 is 0 Å². The second-order valence-electron chi connectivity index (χ2n) is 5.44. The summed E-state index contributed by atoms with van der Waals surface area (Å²) in [6, 6.07) is 6.15. The first-order chi connectivity index (χ1) is 10.6. The van der Waals surface area contributed by atoms with Crippen LogP contribution in [0.2, 0.25) is 0 Å². The fourth-order valence-corrected chi connectivity index (χ4v) is 2.13. The van der Waals surface area contributed by atoms with Gasteiger partial charge in [0, 0.05) is 6.42 Å². The van der Waals surface area contributed by atoms with Crippen molar-refractivity contribution in [2.75, 3.05) is 0 Å². The molecule has 0 amide bonds. The number of benzene rings is 1. The molecule has 3 aromatic rings. The van der Waals surface area contributed by atoms with Gasteiger partial charge in [0.1, 0.15) is 18.7 Å². The molecule has 0 aliphatic carbocycles. The van der Waals surface area contributed by atoms with Crippen LogP contribution in [0.4, 0.5) is 4.39 Å². The third-order valence-corrected chi connectivity index (χ3v) is 3.07. The molecule has 0 saturated carbocycles. The highest BCUT2D eigenvalue weighted by Gasteiger charge is 2.14. The van der Waals surface area contributed by atoms with Crippen LogP contribution in [0.3, 0.4) is 0 Å². The van der Waals surface area contributed by atoms with Gasteiger partial charge in [0.15, 0.2) is 11.6 Å². The first-order valence-electron chi connectivity index (χ1n) is 7.03. The molecule has 0 aliphatic heterocycles. The smallest absolute Gasteiger partial charge is 0.154 e. The number of halogens is 1. The van der Waals surface area contributed by atoms with E-state index in [4.69, 9.17) is 0 Å². The second kappa shape index (κ2) is 6.00. The molecule has 0 bridgehead atoms. The molecule has 0 radical (unpaired) electrons. The normalized spacial score (nSPS) is 11.3. The fraction of sp³-hybridized carbons (Fsp3) is 0.357. The molecule has 7 nitrogen and oxygen atoms in total. The van der Waals surface area contributed by atoms with Gasteiger partial charge >= 0.3 is 0 Å². The summed E-state index contributed by atoms with van der Waals surface area (Å²) in [4.78, 5) is 4.57. The van der Waals surface area contributed by atoms with Crippen LogP contribution in [0.5, 0.6) is 0 Å². The molecule has 0 atom stereocenters. The van der Waals surface area contributed by atoms with Crippen molar-refractivity contribution in [1.82, 2.24) is 35.0 Å². The summed E-state index contributed by atoms with van der Waals surface area (Å²) in [6.07, 6.45) is 2.29. The molecule has 0 fully saturated rings. The highest BCUT2D eigenvalue weighted by molar-refractivity contribution is 5.31. The second-order valence-corrected chi connectivity index (χ2v) is 5.44. The van der Waals surface area contributed by atoms with Crippen molar-refractivity contribution in [3.8, 4) is 5.69 Å². The maximum atomic E-state index is 13.1. The largest absolute Gasteiger partial charge is 0.225 e. The van der Waals surface area contributed by atoms with Crippen molar-refractivity contribution < 1.29 is 4.39 Å². The lowest BCUT2D eigenvalue weighted by molar-refractivity contribution is 0.606. The van der Waals surface area contributed by atoms with Gasteiger partial charge < -0.3 is 0 Å². The lowest BCUT2D eigenvalue weighted by atomic mass is 10.1. The molecule has 1 aromatic carbocycles. The van der Waals surface area contributed by atoms with E-state index in [-0.39, 0.29) is 5.82 Å². The van der Waals surface area contributed by atoms with Crippen molar-refractivity contribution >= 4 is 0 Å². The Morgan fingerprint density at radius 3 is 2.59 bits per heavy atom. The molecule has 2 heterocycles. The monoisotopic (exact) mass is 301 g/mol. The molecule has 114 valence electrons. The van der Waals surface area contributed by atoms with E-state index in [0.29, 0.717) is 18.3 Å². The van der Waals surface area contributed by atoms with Crippen LogP contribution in [-0.2, 0) is 13.0 Å². The summed E-state index contributed by atoms with van der Waals surface area (Å²) in [5, 5.41) is 15.6. The van der Waals surface area contributed by atoms with Crippen molar-refractivity contribution in [2.45, 2.75) is 26.8 Å². The third-order valence-electron chi connectivity index (χ3n) is 3.07. The van der Waals surface area contributed by atoms with Gasteiger partial charge in [-0.3, -0.25) is 0 Å². The minimum atomic E-state index is -0.284. The maximum absolute atomic E-state index is 13.1. The van der Waals surface area contributed by atoms with Gasteiger partial charge in [0.25, 0.3) is 0 Å². The van der Waals surface area contributed by atoms with E-state index in [1.54, 1.807) is 21.5 Å². The molecular weight excluding hydrogens is 285 g/mol. The predicted octanol–water partition coefficient (Wildman–Crippen LogP) is 1.64. The average molecular weight is 301 g/mol. The molecule has 0 N–H and O–H groups in total. The van der Waals surface area contributed by atoms with Gasteiger partial charge in [-0.15, -0.1) is 5.10 Å². The zero-order valence-electron chi connectivity index (χ0n) is 12.4. The average Bonchev–Trinajstić information content (AvgIpc) is 3.10. The molecule has 22 heavy (non-hydrogen) atoms. The minimum Gasteiger partial charge on any atom is -0.225 e. The van der Waals surface area contributed by atoms with Crippen molar-refractivity contribution in [3.63, 3.8) is 0 Å². The fourth-order valence-electron chi connectivity index (χ4n) is 2.13. The number of hydrogen-bond acceptors (Lipinski definition) is 5. The Labute approximate surface area is 126 Å². The van der Waals surface area contributed by atoms with Crippen LogP contribution in [0, 0.1) is 11.7 Å². The van der Waals surface area contributed by atoms with Crippen LogP contribution < -0.4 is 0 Å². The summed E-state index contributed by atoms with van der Waals surface area (Å²) in [6.45, 7) is 4.62. The molecule has 3 rings (SSSR count). The summed E-state index contributed by atoms with van der Waals surface area (Å²) in [5.41, 5.74) is 0.756. The van der Waals surface area contributed by atoms with E-state index in [1.165, 1.54) is 18.5 Å². The zero-order chi connectivity index (χ0) is 15.5. The standard InChI is InChI=1S/C14H16FN7/c1-10(2)7-13-17-14(8-21-9-16-19-20-21)22(18-13)12-5-3-11(15)4-6-12/h3-6,9-10H,7-8H2,1-2H3. The summed E-state index contributed by atoms with van der Waals surface area (Å²) < 4.78 is 16.4. The zero-order valence-corrected chi connectivity index (χ0v) is 12.4. The molecule has 8 heteroatoms. The molecule has 2 aromatic heterocycles. The van der Waals surface area contributed by atoms with Crippen molar-refractivity contribution in [1.29, 1.82) is 0 Å². The van der Waals surface area contributed by atoms with Crippen molar-refractivity contribution in [3.05, 3.63) is 48.1 Å². The lowest BCUT2D eigenvalue weighted by Gasteiger charge is -2.05. The topological polar surface area (TPSA) is 74.3 Å². The Balaban J connectivity index is 1.98. The summed E-state index contributed by atoms with van der Waals surface area (Å²) in [7, 11) is 0. The van der Waals surface area contributed by atoms with E-state index in [0.717, 1.165) is 17.9 Å². The van der Waals surface area contributed by atoms with Gasteiger partial charge in [0.05, 0.1) is 5.69 Å². The number of tetrazole rings is 1. The van der Waals surface area contributed by atoms with Crippen LogP contribution >= 0.6 is 0 Å². The highest BCUT2D eigenvalue weighted by atomic mass is 19.1. The minimum absolute atomic E-state index is 0.284. The van der Waals surface area contributed by atoms with Crippen LogP contribution in [-0.4, -0.2) is 35.0 Å². The molecular formula is C14H16FN7. The van der Waals surface area contributed by atoms with Crippen LogP contribution in [0.15, 0.2) is 30.6 Å². The van der Waals surface area contributed by atoms with E-state index in [1.807, 2.05) is 0 Å². The number of aromatic nitrogens is 7. The Morgan fingerprint density at radius 1 is 1.18 bits per heavy atom. The first kappa shape index (κ1) is 14.3. The summed E-state index contributed by atoms with van der Waals surface area (Å²) in [5.74, 6) is 1.62. The van der Waals surface area contributed by atoms with Gasteiger partial charge in [-0.1, -0.05) is 13.8 Å². The van der Waals surface area contributed by atoms with Gasteiger partial charge in [-0.25, -0.2) is 18.7 Å². The van der Waals surface area contributed by atoms with Gasteiger partial charge in [-0.2, -0.15) is 5.10 Å². The quantitative estimate of drug-likeness (QED) is 0.716. The van der Waals surface area contributed by atoms with Gasteiger partial charge in [0.2, 0.25) is 0 Å². The van der Waals surface area contributed by atoms with Crippen LogP contribution in [0.1, 0.15) is 25.5 Å². The number of nitrogens with zero attached hydrogens (tertiary/aromatic N) is 7. The maximum Gasteiger partial charge on any atom is 0.154 e. The Kier molecular flexibility index (Phi) is 3.90. The first-order valence-corrected chi connectivity index (χ1v) is 7.03. The Hall–Kier alpha value is -2.64. The van der Waals surface area contributed by atoms with Gasteiger partial charge in [-0.05, 0) is 40.6 Å². The van der Waals surface area contributed by atoms with Crippen LogP contribution in [0.25, 0.3) is 5.69 Å². The van der Waals surface area contributed by atoms with E-state index < -0.39 is 0 Å². The predicted molar refractivity (Wildman–Crippen MR) is 76.8 cm³/mol. The third kappa shape index (κ3) is 3.16. The number of rotatable bonds is 5. The number of hydrogen-bond donors (Lipinski definition) is 0. The van der Waals surface area contributed by atoms with Crippen molar-refractivity contribution in [2.24, 2.45) is 5.92 Å². The van der Waals surface area contributed by atoms with E-state index in [9.17, 15) is 4.39 Å². The highest BCUT2D eigenvalue weighted by Crippen LogP contribution is 2.13. The Bertz CT molecular complexity index is 731. The molecule has 0 unspecified atom stereocenters. The molecule has 0 saturated heterocycles.